The third-order valence-electron chi connectivity index (χ3n) is 4.05. The standard InChI is InChI=1S/C18H19BrN6O2S/c1-24(2)15-4-3-12(10-14(15)19)9-13(11-20)16(26)21-17-22-23-18(28-17)25-5-7-27-8-6-25/h3-4,9-10H,5-8H2,1-2H3,(H,21,22,26)/b13-9-. The number of amides is 1. The lowest BCUT2D eigenvalue weighted by Crippen LogP contribution is -2.36. The number of halogens is 1. The van der Waals surface area contributed by atoms with Crippen LogP contribution in [0.5, 0.6) is 0 Å². The molecule has 0 spiro atoms. The van der Waals surface area contributed by atoms with Crippen molar-refractivity contribution in [1.82, 2.24) is 10.2 Å². The van der Waals surface area contributed by atoms with Crippen LogP contribution in [-0.2, 0) is 9.53 Å². The first kappa shape index (κ1) is 20.3. The van der Waals surface area contributed by atoms with Crippen molar-refractivity contribution >= 4 is 55.2 Å². The number of nitrogens with zero attached hydrogens (tertiary/aromatic N) is 5. The van der Waals surface area contributed by atoms with Crippen LogP contribution in [0.3, 0.4) is 0 Å². The second kappa shape index (κ2) is 9.14. The molecule has 0 unspecified atom stereocenters. The molecular weight excluding hydrogens is 444 g/mol. The van der Waals surface area contributed by atoms with Gasteiger partial charge >= 0.3 is 0 Å². The Balaban J connectivity index is 1.72. The van der Waals surface area contributed by atoms with Crippen molar-refractivity contribution in [2.75, 3.05) is 55.5 Å². The van der Waals surface area contributed by atoms with E-state index in [-0.39, 0.29) is 5.57 Å². The van der Waals surface area contributed by atoms with Gasteiger partial charge in [-0.3, -0.25) is 10.1 Å². The number of benzene rings is 1. The zero-order valence-electron chi connectivity index (χ0n) is 15.5. The third kappa shape index (κ3) is 4.86. The number of ether oxygens (including phenoxy) is 1. The van der Waals surface area contributed by atoms with E-state index in [9.17, 15) is 10.1 Å². The van der Waals surface area contributed by atoms with Crippen molar-refractivity contribution in [3.8, 4) is 6.07 Å². The fourth-order valence-electron chi connectivity index (χ4n) is 2.60. The number of morpholine rings is 1. The van der Waals surface area contributed by atoms with Crippen LogP contribution < -0.4 is 15.1 Å². The first-order valence-corrected chi connectivity index (χ1v) is 10.1. The second-order valence-electron chi connectivity index (χ2n) is 6.22. The molecule has 1 aliphatic heterocycles. The van der Waals surface area contributed by atoms with Crippen LogP contribution in [0.25, 0.3) is 6.08 Å². The van der Waals surface area contributed by atoms with Crippen molar-refractivity contribution in [3.05, 3.63) is 33.8 Å². The van der Waals surface area contributed by atoms with Crippen LogP contribution >= 0.6 is 27.3 Å². The number of carbonyl (C=O) groups is 1. The zero-order valence-corrected chi connectivity index (χ0v) is 17.9. The van der Waals surface area contributed by atoms with E-state index in [2.05, 4.69) is 36.3 Å². The lowest BCUT2D eigenvalue weighted by Gasteiger charge is -2.25. The molecule has 0 atom stereocenters. The lowest BCUT2D eigenvalue weighted by atomic mass is 10.1. The highest BCUT2D eigenvalue weighted by atomic mass is 79.9. The quantitative estimate of drug-likeness (QED) is 0.538. The van der Waals surface area contributed by atoms with E-state index in [0.717, 1.165) is 33.9 Å². The van der Waals surface area contributed by atoms with Crippen LogP contribution in [0.15, 0.2) is 28.2 Å². The molecule has 28 heavy (non-hydrogen) atoms. The highest BCUT2D eigenvalue weighted by molar-refractivity contribution is 9.10. The number of aromatic nitrogens is 2. The van der Waals surface area contributed by atoms with Gasteiger partial charge in [0, 0.05) is 31.7 Å². The summed E-state index contributed by atoms with van der Waals surface area (Å²) in [6.07, 6.45) is 1.55. The normalized spacial score (nSPS) is 14.5. The van der Waals surface area contributed by atoms with Gasteiger partial charge in [0.1, 0.15) is 11.6 Å². The van der Waals surface area contributed by atoms with Gasteiger partial charge < -0.3 is 14.5 Å². The summed E-state index contributed by atoms with van der Waals surface area (Å²) >= 11 is 4.78. The Kier molecular flexibility index (Phi) is 6.61. The molecule has 3 rings (SSSR count). The minimum absolute atomic E-state index is 0.00683. The molecule has 10 heteroatoms. The summed E-state index contributed by atoms with van der Waals surface area (Å²) in [4.78, 5) is 16.5. The van der Waals surface area contributed by atoms with Crippen molar-refractivity contribution in [3.63, 3.8) is 0 Å². The summed E-state index contributed by atoms with van der Waals surface area (Å²) < 4.78 is 6.20. The van der Waals surface area contributed by atoms with Crippen molar-refractivity contribution in [1.29, 1.82) is 5.26 Å². The Morgan fingerprint density at radius 2 is 2.14 bits per heavy atom. The Morgan fingerprint density at radius 1 is 1.39 bits per heavy atom. The van der Waals surface area contributed by atoms with Crippen LogP contribution in [0, 0.1) is 11.3 Å². The molecule has 2 aromatic rings. The van der Waals surface area contributed by atoms with Gasteiger partial charge in [0.05, 0.1) is 18.9 Å². The van der Waals surface area contributed by atoms with Crippen LogP contribution in [0.4, 0.5) is 16.0 Å². The summed E-state index contributed by atoms with van der Waals surface area (Å²) in [6.45, 7) is 2.77. The predicted molar refractivity (Wildman–Crippen MR) is 114 cm³/mol. The molecule has 0 aliphatic carbocycles. The molecule has 1 aromatic carbocycles. The maximum absolute atomic E-state index is 12.5. The molecule has 1 aliphatic rings. The maximum Gasteiger partial charge on any atom is 0.268 e. The number of anilines is 3. The number of rotatable bonds is 5. The minimum atomic E-state index is -0.514. The first-order chi connectivity index (χ1) is 13.5. The number of nitrogens with one attached hydrogen (secondary N) is 1. The molecule has 0 bridgehead atoms. The molecule has 1 amide bonds. The number of hydrogen-bond acceptors (Lipinski definition) is 8. The minimum Gasteiger partial charge on any atom is -0.378 e. The van der Waals surface area contributed by atoms with Gasteiger partial charge in [0.15, 0.2) is 0 Å². The first-order valence-electron chi connectivity index (χ1n) is 8.54. The van der Waals surface area contributed by atoms with Crippen LogP contribution in [-0.4, -0.2) is 56.5 Å². The summed E-state index contributed by atoms with van der Waals surface area (Å²) in [5.41, 5.74) is 1.74. The SMILES string of the molecule is CN(C)c1ccc(/C=C(/C#N)C(=O)Nc2nnc(N3CCOCC3)s2)cc1Br. The van der Waals surface area contributed by atoms with E-state index >= 15 is 0 Å². The van der Waals surface area contributed by atoms with Gasteiger partial charge in [-0.15, -0.1) is 10.2 Å². The topological polar surface area (TPSA) is 94.4 Å². The Hall–Kier alpha value is -2.48. The summed E-state index contributed by atoms with van der Waals surface area (Å²) in [5.74, 6) is -0.514. The van der Waals surface area contributed by atoms with Crippen molar-refractivity contribution < 1.29 is 9.53 Å². The van der Waals surface area contributed by atoms with Crippen molar-refractivity contribution in [2.45, 2.75) is 0 Å². The summed E-state index contributed by atoms with van der Waals surface area (Å²) in [5, 5.41) is 21.3. The molecule has 146 valence electrons. The average Bonchev–Trinajstić information content (AvgIpc) is 3.15. The molecular formula is C18H19BrN6O2S. The van der Waals surface area contributed by atoms with E-state index in [1.54, 1.807) is 6.08 Å². The van der Waals surface area contributed by atoms with E-state index in [0.29, 0.717) is 18.3 Å². The fourth-order valence-corrected chi connectivity index (χ4v) is 4.15. The third-order valence-corrected chi connectivity index (χ3v) is 5.58. The van der Waals surface area contributed by atoms with Crippen LogP contribution in [0.1, 0.15) is 5.56 Å². The van der Waals surface area contributed by atoms with E-state index in [1.807, 2.05) is 43.3 Å². The van der Waals surface area contributed by atoms with Crippen LogP contribution in [0.2, 0.25) is 0 Å². The van der Waals surface area contributed by atoms with Gasteiger partial charge in [0.2, 0.25) is 10.3 Å². The molecule has 1 aromatic heterocycles. The molecule has 0 saturated carbocycles. The molecule has 0 radical (unpaired) electrons. The van der Waals surface area contributed by atoms with Gasteiger partial charge in [0.25, 0.3) is 5.91 Å². The number of nitriles is 1. The fraction of sp³-hybridized carbons (Fsp3) is 0.333. The maximum atomic E-state index is 12.5. The molecule has 8 nitrogen and oxygen atoms in total. The average molecular weight is 463 g/mol. The molecule has 2 heterocycles. The van der Waals surface area contributed by atoms with Crippen molar-refractivity contribution in [2.24, 2.45) is 0 Å². The predicted octanol–water partition coefficient (Wildman–Crippen LogP) is 2.75. The van der Waals surface area contributed by atoms with Gasteiger partial charge in [-0.1, -0.05) is 17.4 Å². The second-order valence-corrected chi connectivity index (χ2v) is 8.03. The Labute approximate surface area is 175 Å². The zero-order chi connectivity index (χ0) is 20.1. The Morgan fingerprint density at radius 3 is 2.79 bits per heavy atom. The van der Waals surface area contributed by atoms with E-state index < -0.39 is 5.91 Å². The number of hydrogen-bond donors (Lipinski definition) is 1. The summed E-state index contributed by atoms with van der Waals surface area (Å²) in [7, 11) is 3.88. The van der Waals surface area contributed by atoms with Gasteiger partial charge in [-0.25, -0.2) is 0 Å². The molecule has 1 fully saturated rings. The number of carbonyl (C=O) groups excluding carboxylic acids is 1. The highest BCUT2D eigenvalue weighted by Crippen LogP contribution is 2.27. The van der Waals surface area contributed by atoms with Gasteiger partial charge in [-0.2, -0.15) is 5.26 Å². The summed E-state index contributed by atoms with van der Waals surface area (Å²) in [6, 6.07) is 7.59. The molecule has 1 N–H and O–H groups in total. The lowest BCUT2D eigenvalue weighted by molar-refractivity contribution is -0.112. The highest BCUT2D eigenvalue weighted by Gasteiger charge is 2.18. The molecule has 1 saturated heterocycles. The van der Waals surface area contributed by atoms with E-state index in [1.165, 1.54) is 11.3 Å². The Bertz CT molecular complexity index is 930. The smallest absolute Gasteiger partial charge is 0.268 e. The van der Waals surface area contributed by atoms with E-state index in [4.69, 9.17) is 4.74 Å². The largest absolute Gasteiger partial charge is 0.378 e. The van der Waals surface area contributed by atoms with Gasteiger partial charge in [-0.05, 0) is 39.7 Å². The monoisotopic (exact) mass is 462 g/mol.